The Morgan fingerprint density at radius 1 is 0.808 bits per heavy atom. The minimum Gasteiger partial charge on any atom is -0.410 e. The highest BCUT2D eigenvalue weighted by Crippen LogP contribution is 2.19. The van der Waals surface area contributed by atoms with Crippen LogP contribution in [0.4, 0.5) is 15.4 Å². The van der Waals surface area contributed by atoms with Crippen molar-refractivity contribution in [2.75, 3.05) is 4.90 Å². The van der Waals surface area contributed by atoms with Gasteiger partial charge in [0, 0.05) is 6.20 Å². The molecule has 0 aliphatic rings. The highest BCUT2D eigenvalue weighted by atomic mass is 16.6. The molecule has 1 aromatic heterocycles. The van der Waals surface area contributed by atoms with E-state index in [1.54, 1.807) is 72.8 Å². The first-order valence-electron chi connectivity index (χ1n) is 7.90. The number of pyridine rings is 1. The molecular formula is C20H16N2O4. The number of para-hydroxylation sites is 2. The molecule has 0 fully saturated rings. The van der Waals surface area contributed by atoms with E-state index in [2.05, 4.69) is 4.98 Å². The maximum atomic E-state index is 12.6. The van der Waals surface area contributed by atoms with E-state index >= 15 is 0 Å². The second kappa shape index (κ2) is 7.94. The van der Waals surface area contributed by atoms with Gasteiger partial charge in [-0.1, -0.05) is 36.4 Å². The van der Waals surface area contributed by atoms with Crippen LogP contribution in [0.25, 0.3) is 0 Å². The molecule has 0 atom stereocenters. The van der Waals surface area contributed by atoms with Crippen molar-refractivity contribution in [3.05, 3.63) is 84.6 Å². The minimum atomic E-state index is -0.907. The molecule has 130 valence electrons. The molecule has 3 aromatic rings. The van der Waals surface area contributed by atoms with Crippen molar-refractivity contribution in [1.29, 1.82) is 0 Å². The molecule has 26 heavy (non-hydrogen) atoms. The van der Waals surface area contributed by atoms with Crippen LogP contribution in [-0.4, -0.2) is 17.2 Å². The molecule has 0 spiro atoms. The molecule has 6 nitrogen and oxygen atoms in total. The Hall–Kier alpha value is -3.67. The zero-order chi connectivity index (χ0) is 18.4. The average Bonchev–Trinajstić information content (AvgIpc) is 2.63. The van der Waals surface area contributed by atoms with E-state index in [4.69, 9.17) is 9.47 Å². The predicted octanol–water partition coefficient (Wildman–Crippen LogP) is 4.59. The molecule has 2 amide bonds. The molecule has 0 radical (unpaired) electrons. The summed E-state index contributed by atoms with van der Waals surface area (Å²) in [5, 5.41) is 0. The number of imide groups is 1. The van der Waals surface area contributed by atoms with Gasteiger partial charge in [-0.25, -0.2) is 14.6 Å². The number of aromatic nitrogens is 1. The maximum absolute atomic E-state index is 12.6. The first-order valence-corrected chi connectivity index (χ1v) is 7.90. The number of benzene rings is 2. The van der Waals surface area contributed by atoms with E-state index in [0.717, 1.165) is 10.5 Å². The van der Waals surface area contributed by atoms with Gasteiger partial charge in [0.25, 0.3) is 0 Å². The van der Waals surface area contributed by atoms with Crippen LogP contribution in [0.2, 0.25) is 0 Å². The summed E-state index contributed by atoms with van der Waals surface area (Å²) in [6, 6.07) is 20.3. The number of anilines is 1. The average molecular weight is 348 g/mol. The summed E-state index contributed by atoms with van der Waals surface area (Å²) in [7, 11) is 0. The van der Waals surface area contributed by atoms with Gasteiger partial charge in [0.05, 0.1) is 0 Å². The van der Waals surface area contributed by atoms with Crippen molar-refractivity contribution < 1.29 is 19.1 Å². The largest absolute Gasteiger partial charge is 0.430 e. The van der Waals surface area contributed by atoms with Crippen LogP contribution in [0, 0.1) is 6.92 Å². The molecule has 6 heteroatoms. The Morgan fingerprint density at radius 2 is 1.31 bits per heavy atom. The van der Waals surface area contributed by atoms with E-state index in [-0.39, 0.29) is 5.82 Å². The fraction of sp³-hybridized carbons (Fsp3) is 0.0500. The molecule has 1 heterocycles. The van der Waals surface area contributed by atoms with Crippen LogP contribution < -0.4 is 14.4 Å². The summed E-state index contributed by atoms with van der Waals surface area (Å²) in [5.41, 5.74) is 0.833. The van der Waals surface area contributed by atoms with E-state index in [1.165, 1.54) is 6.20 Å². The second-order valence-electron chi connectivity index (χ2n) is 5.39. The van der Waals surface area contributed by atoms with Gasteiger partial charge in [-0.15, -0.1) is 0 Å². The third kappa shape index (κ3) is 4.24. The molecular weight excluding hydrogens is 332 g/mol. The van der Waals surface area contributed by atoms with Gasteiger partial charge in [-0.2, -0.15) is 4.90 Å². The zero-order valence-electron chi connectivity index (χ0n) is 14.0. The molecule has 2 aromatic carbocycles. The molecule has 0 saturated heterocycles. The van der Waals surface area contributed by atoms with E-state index in [1.807, 2.05) is 6.92 Å². The lowest BCUT2D eigenvalue weighted by molar-refractivity contribution is 0.190. The third-order valence-corrected chi connectivity index (χ3v) is 3.39. The Bertz CT molecular complexity index is 844. The molecule has 0 aliphatic heterocycles. The standard InChI is InChI=1S/C20H16N2O4/c1-15-12-13-21-18(14-15)22(19(23)25-16-8-4-2-5-9-16)20(24)26-17-10-6-3-7-11-17/h2-14H,1H3. The fourth-order valence-electron chi connectivity index (χ4n) is 2.17. The van der Waals surface area contributed by atoms with Gasteiger partial charge in [-0.05, 0) is 48.9 Å². The first-order chi connectivity index (χ1) is 12.6. The number of carbonyl (C=O) groups is 2. The van der Waals surface area contributed by atoms with Gasteiger partial charge >= 0.3 is 12.2 Å². The molecule has 0 N–H and O–H groups in total. The van der Waals surface area contributed by atoms with Gasteiger partial charge in [-0.3, -0.25) is 0 Å². The lowest BCUT2D eigenvalue weighted by Gasteiger charge is -2.19. The van der Waals surface area contributed by atoms with Crippen LogP contribution in [0.15, 0.2) is 79.0 Å². The number of hydrogen-bond donors (Lipinski definition) is 0. The summed E-state index contributed by atoms with van der Waals surface area (Å²) in [6.07, 6.45) is -0.311. The lowest BCUT2D eigenvalue weighted by atomic mass is 10.3. The zero-order valence-corrected chi connectivity index (χ0v) is 14.0. The van der Waals surface area contributed by atoms with Crippen molar-refractivity contribution in [2.24, 2.45) is 0 Å². The normalized spacial score (nSPS) is 10.0. The van der Waals surface area contributed by atoms with Gasteiger partial charge in [0.2, 0.25) is 0 Å². The van der Waals surface area contributed by atoms with E-state index in [9.17, 15) is 9.59 Å². The smallest absolute Gasteiger partial charge is 0.410 e. The maximum Gasteiger partial charge on any atom is 0.430 e. The van der Waals surface area contributed by atoms with Crippen molar-refractivity contribution in [3.63, 3.8) is 0 Å². The van der Waals surface area contributed by atoms with Gasteiger partial charge < -0.3 is 9.47 Å². The molecule has 3 rings (SSSR count). The van der Waals surface area contributed by atoms with Crippen molar-refractivity contribution in [3.8, 4) is 11.5 Å². The SMILES string of the molecule is Cc1ccnc(N(C(=O)Oc2ccccc2)C(=O)Oc2ccccc2)c1. The van der Waals surface area contributed by atoms with Crippen LogP contribution in [0.1, 0.15) is 5.56 Å². The summed E-state index contributed by atoms with van der Waals surface area (Å²) in [4.78, 5) is 30.1. The molecule has 0 aliphatic carbocycles. The van der Waals surface area contributed by atoms with Crippen molar-refractivity contribution >= 4 is 18.0 Å². The minimum absolute atomic E-state index is 0.117. The lowest BCUT2D eigenvalue weighted by Crippen LogP contribution is -2.41. The molecule has 0 unspecified atom stereocenters. The monoisotopic (exact) mass is 348 g/mol. The number of amides is 2. The summed E-state index contributed by atoms with van der Waals surface area (Å²) < 4.78 is 10.6. The second-order valence-corrected chi connectivity index (χ2v) is 5.39. The highest BCUT2D eigenvalue weighted by molar-refractivity contribution is 6.09. The van der Waals surface area contributed by atoms with Crippen molar-refractivity contribution in [2.45, 2.75) is 6.92 Å². The summed E-state index contributed by atoms with van der Waals surface area (Å²) in [6.45, 7) is 1.83. The van der Waals surface area contributed by atoms with Gasteiger partial charge in [0.1, 0.15) is 17.3 Å². The van der Waals surface area contributed by atoms with Crippen LogP contribution >= 0.6 is 0 Å². The number of nitrogens with zero attached hydrogens (tertiary/aromatic N) is 2. The number of hydrogen-bond acceptors (Lipinski definition) is 5. The van der Waals surface area contributed by atoms with E-state index in [0.29, 0.717) is 11.5 Å². The van der Waals surface area contributed by atoms with Gasteiger partial charge in [0.15, 0.2) is 0 Å². The highest BCUT2D eigenvalue weighted by Gasteiger charge is 2.29. The van der Waals surface area contributed by atoms with Crippen LogP contribution in [0.5, 0.6) is 11.5 Å². The van der Waals surface area contributed by atoms with Crippen molar-refractivity contribution in [1.82, 2.24) is 4.98 Å². The molecule has 0 saturated carbocycles. The van der Waals surface area contributed by atoms with Crippen LogP contribution in [0.3, 0.4) is 0 Å². The Labute approximate surface area is 150 Å². The quantitative estimate of drug-likeness (QED) is 0.692. The third-order valence-electron chi connectivity index (χ3n) is 3.39. The summed E-state index contributed by atoms with van der Waals surface area (Å²) >= 11 is 0. The van der Waals surface area contributed by atoms with E-state index < -0.39 is 12.2 Å². The van der Waals surface area contributed by atoms with Crippen LogP contribution in [-0.2, 0) is 0 Å². The molecule has 0 bridgehead atoms. The fourth-order valence-corrected chi connectivity index (χ4v) is 2.17. The summed E-state index contributed by atoms with van der Waals surface area (Å²) in [5.74, 6) is 0.734. The number of aryl methyl sites for hydroxylation is 1. The predicted molar refractivity (Wildman–Crippen MR) is 96.4 cm³/mol. The Morgan fingerprint density at radius 3 is 1.77 bits per heavy atom. The number of ether oxygens (including phenoxy) is 2. The number of rotatable bonds is 3. The Balaban J connectivity index is 1.88. The Kier molecular flexibility index (Phi) is 5.24. The first kappa shape index (κ1) is 17.2. The topological polar surface area (TPSA) is 68.7 Å². The number of carbonyl (C=O) groups excluding carboxylic acids is 2.